The summed E-state index contributed by atoms with van der Waals surface area (Å²) in [5.41, 5.74) is 11.3. The van der Waals surface area contributed by atoms with Crippen molar-refractivity contribution < 1.29 is 8.42 Å². The molecule has 198 valence electrons. The highest BCUT2D eigenvalue weighted by Crippen LogP contribution is 2.64. The van der Waals surface area contributed by atoms with Crippen molar-refractivity contribution in [1.29, 1.82) is 0 Å². The number of benzene rings is 2. The van der Waals surface area contributed by atoms with Gasteiger partial charge in [0.15, 0.2) is 5.82 Å². The van der Waals surface area contributed by atoms with Gasteiger partial charge in [-0.2, -0.15) is 22.9 Å². The molecular weight excluding hydrogens is 500 g/mol. The quantitative estimate of drug-likeness (QED) is 0.370. The lowest BCUT2D eigenvalue weighted by Gasteiger charge is -2.43. The number of H-pyrrole nitrogens is 1. The van der Waals surface area contributed by atoms with Crippen LogP contribution in [0, 0.1) is 17.8 Å². The molecule has 11 heteroatoms. The van der Waals surface area contributed by atoms with E-state index in [0.717, 1.165) is 35.1 Å². The van der Waals surface area contributed by atoms with Gasteiger partial charge in [-0.05, 0) is 85.4 Å². The first-order valence-electron chi connectivity index (χ1n) is 13.6. The van der Waals surface area contributed by atoms with Gasteiger partial charge < -0.3 is 16.0 Å². The third-order valence-electron chi connectivity index (χ3n) is 9.75. The minimum atomic E-state index is -3.73. The van der Waals surface area contributed by atoms with Crippen LogP contribution in [0.4, 0.5) is 11.5 Å². The second kappa shape index (κ2) is 7.93. The summed E-state index contributed by atoms with van der Waals surface area (Å²) in [7, 11) is -1.71. The molecule has 4 aromatic rings. The first kappa shape index (κ1) is 22.8. The number of fused-ring (bicyclic) bond motifs is 10. The van der Waals surface area contributed by atoms with Crippen LogP contribution in [0.3, 0.4) is 0 Å². The van der Waals surface area contributed by atoms with Crippen LogP contribution < -0.4 is 11.1 Å². The maximum Gasteiger partial charge on any atom is 0.323 e. The van der Waals surface area contributed by atoms with E-state index in [9.17, 15) is 8.42 Å². The molecule has 10 nitrogen and oxygen atoms in total. The fourth-order valence-corrected chi connectivity index (χ4v) is 9.37. The van der Waals surface area contributed by atoms with Crippen LogP contribution in [0.2, 0.25) is 0 Å². The van der Waals surface area contributed by atoms with E-state index in [0.29, 0.717) is 48.1 Å². The number of piperazine rings is 1. The maximum absolute atomic E-state index is 13.6. The Morgan fingerprint density at radius 3 is 2.68 bits per heavy atom. The standard InChI is InChI=1S/C27H32N8O2S/c1-33-8-10-34(11-9-33)38(36,37)35-22-7-6-21-25(19(22)14-29-35)23-15-2-3-16(12-15)24(23)26(30-21)17-4-5-20-18(13-17)27(28)32-31-20/h4-7,13-16,23-24,26,30H,2-3,8-12H2,1H3,(H3,28,31,32)/t15?,16?,23?,24-,26+/m1/s1. The maximum atomic E-state index is 13.6. The van der Waals surface area contributed by atoms with Crippen LogP contribution >= 0.6 is 0 Å². The summed E-state index contributed by atoms with van der Waals surface area (Å²) in [6.45, 7) is 2.41. The highest BCUT2D eigenvalue weighted by molar-refractivity contribution is 7.87. The number of nitrogens with one attached hydrogen (secondary N) is 2. The van der Waals surface area contributed by atoms with E-state index >= 15 is 0 Å². The van der Waals surface area contributed by atoms with Crippen molar-refractivity contribution in [1.82, 2.24) is 28.6 Å². The topological polar surface area (TPSA) is 125 Å². The number of rotatable bonds is 3. The number of hydrogen-bond acceptors (Lipinski definition) is 7. The monoisotopic (exact) mass is 532 g/mol. The summed E-state index contributed by atoms with van der Waals surface area (Å²) < 4.78 is 30.1. The van der Waals surface area contributed by atoms with Gasteiger partial charge in [-0.25, -0.2) is 0 Å². The van der Waals surface area contributed by atoms with Gasteiger partial charge in [0.05, 0.1) is 23.3 Å². The zero-order valence-corrected chi connectivity index (χ0v) is 22.2. The van der Waals surface area contributed by atoms with E-state index in [2.05, 4.69) is 49.8 Å². The molecule has 38 heavy (non-hydrogen) atoms. The van der Waals surface area contributed by atoms with E-state index in [1.165, 1.54) is 34.5 Å². The first-order valence-corrected chi connectivity index (χ1v) is 15.0. The van der Waals surface area contributed by atoms with Crippen LogP contribution in [-0.4, -0.2) is 70.2 Å². The lowest BCUT2D eigenvalue weighted by atomic mass is 9.67. The molecule has 2 aromatic heterocycles. The van der Waals surface area contributed by atoms with Gasteiger partial charge in [0.25, 0.3) is 0 Å². The molecular formula is C27H32N8O2S. The Labute approximate surface area is 221 Å². The minimum Gasteiger partial charge on any atom is -0.382 e. The summed E-state index contributed by atoms with van der Waals surface area (Å²) in [4.78, 5) is 2.15. The predicted molar refractivity (Wildman–Crippen MR) is 147 cm³/mol. The van der Waals surface area contributed by atoms with Crippen molar-refractivity contribution in [2.75, 3.05) is 44.3 Å². The van der Waals surface area contributed by atoms with Gasteiger partial charge in [-0.1, -0.05) is 6.07 Å². The molecule has 8 rings (SSSR count). The van der Waals surface area contributed by atoms with Crippen molar-refractivity contribution in [3.05, 3.63) is 47.7 Å². The van der Waals surface area contributed by atoms with Gasteiger partial charge >= 0.3 is 10.2 Å². The highest BCUT2D eigenvalue weighted by Gasteiger charge is 2.54. The van der Waals surface area contributed by atoms with Gasteiger partial charge in [-0.15, -0.1) is 4.09 Å². The number of nitrogens with zero attached hydrogens (tertiary/aromatic N) is 5. The third-order valence-corrected chi connectivity index (χ3v) is 11.5. The molecule has 0 radical (unpaired) electrons. The van der Waals surface area contributed by atoms with E-state index in [-0.39, 0.29) is 6.04 Å². The van der Waals surface area contributed by atoms with E-state index in [1.807, 2.05) is 13.1 Å². The van der Waals surface area contributed by atoms with Crippen LogP contribution in [0.25, 0.3) is 21.8 Å². The summed E-state index contributed by atoms with van der Waals surface area (Å²) in [5, 5.41) is 17.5. The van der Waals surface area contributed by atoms with Gasteiger partial charge in [0, 0.05) is 42.6 Å². The van der Waals surface area contributed by atoms with Crippen LogP contribution in [0.5, 0.6) is 0 Å². The highest BCUT2D eigenvalue weighted by atomic mass is 32.2. The predicted octanol–water partition coefficient (Wildman–Crippen LogP) is 3.13. The molecule has 5 atom stereocenters. The zero-order chi connectivity index (χ0) is 25.8. The van der Waals surface area contributed by atoms with Gasteiger partial charge in [-0.3, -0.25) is 5.10 Å². The smallest absolute Gasteiger partial charge is 0.323 e. The Kier molecular flexibility index (Phi) is 4.76. The second-order valence-electron chi connectivity index (χ2n) is 11.6. The van der Waals surface area contributed by atoms with E-state index in [1.54, 1.807) is 10.5 Å². The summed E-state index contributed by atoms with van der Waals surface area (Å²) >= 11 is 0. The van der Waals surface area contributed by atoms with E-state index < -0.39 is 10.2 Å². The van der Waals surface area contributed by atoms with Crippen molar-refractivity contribution in [2.45, 2.75) is 31.2 Å². The summed E-state index contributed by atoms with van der Waals surface area (Å²) in [6.07, 6.45) is 5.50. The van der Waals surface area contributed by atoms with Crippen LogP contribution in [-0.2, 0) is 10.2 Å². The molecule has 2 saturated carbocycles. The first-order chi connectivity index (χ1) is 18.4. The van der Waals surface area contributed by atoms with Crippen LogP contribution in [0.15, 0.2) is 36.5 Å². The molecule has 0 amide bonds. The number of likely N-dealkylation sites (N-methyl/N-ethyl adjacent to an activating group) is 1. The molecule has 2 aliphatic heterocycles. The number of aromatic amines is 1. The Hall–Kier alpha value is -3.15. The van der Waals surface area contributed by atoms with Gasteiger partial charge in [0.1, 0.15) is 0 Å². The molecule has 2 bridgehead atoms. The third kappa shape index (κ3) is 3.09. The fourth-order valence-electron chi connectivity index (χ4n) is 7.96. The Balaban J connectivity index is 1.24. The second-order valence-corrected chi connectivity index (χ2v) is 13.4. The number of nitrogen functional groups attached to an aromatic ring is 1. The van der Waals surface area contributed by atoms with E-state index in [4.69, 9.17) is 5.73 Å². The number of nitrogens with two attached hydrogens (primary N) is 1. The zero-order valence-electron chi connectivity index (χ0n) is 21.3. The average Bonchev–Trinajstić information content (AvgIpc) is 3.72. The molecule has 4 heterocycles. The number of anilines is 2. The lowest BCUT2D eigenvalue weighted by Crippen LogP contribution is -2.48. The van der Waals surface area contributed by atoms with Crippen molar-refractivity contribution in [3.8, 4) is 0 Å². The number of hydrogen-bond donors (Lipinski definition) is 3. The Morgan fingerprint density at radius 2 is 1.84 bits per heavy atom. The van der Waals surface area contributed by atoms with Crippen molar-refractivity contribution in [2.24, 2.45) is 17.8 Å². The Morgan fingerprint density at radius 1 is 1.03 bits per heavy atom. The molecule has 3 unspecified atom stereocenters. The largest absolute Gasteiger partial charge is 0.382 e. The summed E-state index contributed by atoms with van der Waals surface area (Å²) in [6, 6.07) is 10.6. The normalized spacial score (nSPS) is 29.6. The Bertz CT molecular complexity index is 1690. The molecule has 0 spiro atoms. The van der Waals surface area contributed by atoms with Gasteiger partial charge in [0.2, 0.25) is 0 Å². The number of aromatic nitrogens is 4. The summed E-state index contributed by atoms with van der Waals surface area (Å²) in [5.74, 6) is 2.60. The molecule has 2 aliphatic carbocycles. The average molecular weight is 533 g/mol. The lowest BCUT2D eigenvalue weighted by molar-refractivity contribution is 0.221. The molecule has 3 fully saturated rings. The molecule has 4 aliphatic rings. The fraction of sp³-hybridized carbons (Fsp3) is 0.481. The molecule has 1 saturated heterocycles. The molecule has 2 aromatic carbocycles. The van der Waals surface area contributed by atoms with Crippen LogP contribution in [0.1, 0.15) is 42.3 Å². The van der Waals surface area contributed by atoms with Crippen molar-refractivity contribution in [3.63, 3.8) is 0 Å². The minimum absolute atomic E-state index is 0.170. The van der Waals surface area contributed by atoms with Crippen molar-refractivity contribution >= 4 is 43.5 Å². The SMILES string of the molecule is CN1CCN(S(=O)(=O)n2ncc3c4c(ccc32)N[C@@H](c2ccc3[nH]nc(N)c3c2)[C@@H]2C3CCC(C3)C42)CC1. The molecule has 4 N–H and O–H groups in total.